The summed E-state index contributed by atoms with van der Waals surface area (Å²) in [4.78, 5) is 68.0. The average Bonchev–Trinajstić information content (AvgIpc) is 3.51. The van der Waals surface area contributed by atoms with Crippen molar-refractivity contribution in [1.82, 2.24) is 20.6 Å². The molecule has 2 atom stereocenters. The van der Waals surface area contributed by atoms with Crippen LogP contribution in [-0.4, -0.2) is 72.2 Å². The van der Waals surface area contributed by atoms with Gasteiger partial charge < -0.3 is 36.8 Å². The molecule has 0 aliphatic heterocycles. The van der Waals surface area contributed by atoms with E-state index in [-0.39, 0.29) is 29.5 Å². The zero-order valence-corrected chi connectivity index (χ0v) is 22.6. The molecule has 214 valence electrons. The number of anilines is 1. The first-order chi connectivity index (χ1) is 18.9. The number of nitrogens with zero attached hydrogens (tertiary/aromatic N) is 2. The molecule has 3 rings (SSSR count). The molecule has 0 unspecified atom stereocenters. The van der Waals surface area contributed by atoms with Crippen molar-refractivity contribution < 1.29 is 44.4 Å². The topological polar surface area (TPSA) is 242 Å². The first-order valence-corrected chi connectivity index (χ1v) is 13.7. The molecule has 0 spiro atoms. The molecule has 40 heavy (non-hydrogen) atoms. The molecule has 0 aliphatic carbocycles. The van der Waals surface area contributed by atoms with E-state index in [9.17, 15) is 34.2 Å². The van der Waals surface area contributed by atoms with E-state index in [1.54, 1.807) is 12.1 Å². The quantitative estimate of drug-likeness (QED) is 0.133. The van der Waals surface area contributed by atoms with Crippen molar-refractivity contribution in [3.8, 4) is 5.88 Å². The third kappa shape index (κ3) is 8.34. The molecule has 3 aromatic rings. The number of carboxylic acids is 3. The second kappa shape index (κ2) is 13.7. The van der Waals surface area contributed by atoms with Gasteiger partial charge in [-0.25, -0.2) is 14.6 Å². The Bertz CT molecular complexity index is 1420. The first-order valence-electron chi connectivity index (χ1n) is 12.0. The van der Waals surface area contributed by atoms with Crippen LogP contribution in [0.2, 0.25) is 0 Å². The highest BCUT2D eigenvalue weighted by atomic mass is 32.1. The number of aromatic nitrogens is 2. The van der Waals surface area contributed by atoms with Crippen molar-refractivity contribution in [1.29, 1.82) is 0 Å². The number of nitrogen functional groups attached to an aromatic ring is 1. The van der Waals surface area contributed by atoms with Gasteiger partial charge in [0.2, 0.25) is 17.7 Å². The molecule has 0 saturated carbocycles. The highest BCUT2D eigenvalue weighted by Gasteiger charge is 2.25. The van der Waals surface area contributed by atoms with Crippen molar-refractivity contribution in [3.63, 3.8) is 0 Å². The van der Waals surface area contributed by atoms with Gasteiger partial charge in [-0.05, 0) is 55.2 Å². The largest absolute Gasteiger partial charge is 0.493 e. The Morgan fingerprint density at radius 1 is 0.925 bits per heavy atom. The third-order valence-corrected chi connectivity index (χ3v) is 7.87. The normalized spacial score (nSPS) is 12.5. The van der Waals surface area contributed by atoms with Gasteiger partial charge >= 0.3 is 17.9 Å². The molecular formula is C24H27N5O9S2. The van der Waals surface area contributed by atoms with Gasteiger partial charge in [-0.1, -0.05) is 0 Å². The number of nitrogens with two attached hydrogens (primary N) is 1. The minimum Gasteiger partial charge on any atom is -0.493 e. The van der Waals surface area contributed by atoms with Crippen LogP contribution in [0.3, 0.4) is 0 Å². The molecule has 14 nitrogen and oxygen atoms in total. The van der Waals surface area contributed by atoms with Gasteiger partial charge in [0.15, 0.2) is 0 Å². The zero-order chi connectivity index (χ0) is 29.4. The van der Waals surface area contributed by atoms with E-state index in [4.69, 9.17) is 15.9 Å². The number of carboxylic acid groups (broad SMARTS) is 3. The Balaban J connectivity index is 1.50. The lowest BCUT2D eigenvalue weighted by Gasteiger charge is -2.16. The van der Waals surface area contributed by atoms with E-state index in [1.165, 1.54) is 22.7 Å². The zero-order valence-electron chi connectivity index (χ0n) is 21.0. The fraction of sp³-hybridized carbons (Fsp3) is 0.375. The fourth-order valence-electron chi connectivity index (χ4n) is 3.82. The molecule has 3 heterocycles. The van der Waals surface area contributed by atoms with E-state index >= 15 is 0 Å². The van der Waals surface area contributed by atoms with Crippen molar-refractivity contribution in [2.75, 3.05) is 5.73 Å². The van der Waals surface area contributed by atoms with Crippen LogP contribution >= 0.6 is 22.7 Å². The summed E-state index contributed by atoms with van der Waals surface area (Å²) in [5.41, 5.74) is 6.45. The molecule has 16 heteroatoms. The van der Waals surface area contributed by atoms with Crippen LogP contribution < -0.4 is 16.4 Å². The summed E-state index contributed by atoms with van der Waals surface area (Å²) in [6.45, 7) is 0. The van der Waals surface area contributed by atoms with Gasteiger partial charge in [0.1, 0.15) is 16.9 Å². The Kier molecular flexibility index (Phi) is 10.3. The van der Waals surface area contributed by atoms with Crippen LogP contribution in [0.1, 0.15) is 52.2 Å². The van der Waals surface area contributed by atoms with Gasteiger partial charge in [-0.2, -0.15) is 4.98 Å². The third-order valence-electron chi connectivity index (χ3n) is 5.81. The smallest absolute Gasteiger partial charge is 0.326 e. The second-order valence-electron chi connectivity index (χ2n) is 8.76. The lowest BCUT2D eigenvalue weighted by atomic mass is 10.1. The van der Waals surface area contributed by atoms with Crippen LogP contribution in [0.15, 0.2) is 17.5 Å². The van der Waals surface area contributed by atoms with Crippen molar-refractivity contribution in [3.05, 3.63) is 32.8 Å². The number of rotatable bonds is 15. The maximum atomic E-state index is 12.7. The molecular weight excluding hydrogens is 566 g/mol. The number of fused-ring (bicyclic) bond motifs is 1. The van der Waals surface area contributed by atoms with Gasteiger partial charge in [-0.3, -0.25) is 14.4 Å². The van der Waals surface area contributed by atoms with Crippen LogP contribution in [0.25, 0.3) is 10.2 Å². The molecule has 0 saturated heterocycles. The number of amides is 2. The number of aliphatic carboxylic acids is 3. The maximum Gasteiger partial charge on any atom is 0.326 e. The Hall–Kier alpha value is -4.31. The van der Waals surface area contributed by atoms with Crippen LogP contribution in [0.5, 0.6) is 5.88 Å². The molecule has 0 fully saturated rings. The number of carbonyl (C=O) groups excluding carboxylic acids is 2. The first kappa shape index (κ1) is 30.2. The van der Waals surface area contributed by atoms with Gasteiger partial charge in [-0.15, -0.1) is 22.7 Å². The number of aryl methyl sites for hydroxylation is 2. The number of carbonyl (C=O) groups is 5. The Morgan fingerprint density at radius 3 is 2.27 bits per heavy atom. The number of hydrogen-bond donors (Lipinski definition) is 7. The molecule has 0 aliphatic rings. The van der Waals surface area contributed by atoms with Gasteiger partial charge in [0.05, 0.1) is 10.3 Å². The minimum atomic E-state index is -1.43. The van der Waals surface area contributed by atoms with Gasteiger partial charge in [0.25, 0.3) is 5.91 Å². The Morgan fingerprint density at radius 2 is 1.60 bits per heavy atom. The summed E-state index contributed by atoms with van der Waals surface area (Å²) in [6, 6.07) is 0.506. The molecule has 0 aromatic carbocycles. The van der Waals surface area contributed by atoms with Gasteiger partial charge in [0, 0.05) is 17.7 Å². The molecule has 0 bridgehead atoms. The summed E-state index contributed by atoms with van der Waals surface area (Å²) < 4.78 is 0. The molecule has 2 amide bonds. The van der Waals surface area contributed by atoms with E-state index in [2.05, 4.69) is 20.6 Å². The number of hydrogen-bond acceptors (Lipinski definition) is 11. The predicted molar refractivity (Wildman–Crippen MR) is 144 cm³/mol. The second-order valence-corrected chi connectivity index (χ2v) is 10.8. The average molecular weight is 594 g/mol. The SMILES string of the molecule is Nc1nc(O)c2c(CCCc3ccc(C(=O)N[C@@H](CCC(=O)N[C@@H](CCC(=O)O)C(=O)O)C(=O)O)s3)csc2n1. The summed E-state index contributed by atoms with van der Waals surface area (Å²) in [6.07, 6.45) is 0.470. The van der Waals surface area contributed by atoms with E-state index in [0.717, 1.165) is 10.4 Å². The standard InChI is InChI=1S/C24H27N5O9S2/c25-24-28-20(34)18-11(10-39-21(18)29-24)2-1-3-12-4-7-15(40-12)19(33)27-14(23(37)38)5-8-16(30)26-13(22(35)36)6-9-17(31)32/h4,7,10,13-14H,1-3,5-6,8-9H2,(H,26,30)(H,27,33)(H,31,32)(H,35,36)(H,37,38)(H3,25,28,29,34)/t13-,14-/m0/s1. The monoisotopic (exact) mass is 593 g/mol. The Labute approximate surface area is 234 Å². The van der Waals surface area contributed by atoms with E-state index in [1.807, 2.05) is 5.38 Å². The van der Waals surface area contributed by atoms with Crippen LogP contribution in [0.4, 0.5) is 5.95 Å². The summed E-state index contributed by atoms with van der Waals surface area (Å²) in [5.74, 6) is -5.57. The highest BCUT2D eigenvalue weighted by Crippen LogP contribution is 2.32. The van der Waals surface area contributed by atoms with Crippen LogP contribution in [0, 0.1) is 0 Å². The number of nitrogens with one attached hydrogen (secondary N) is 2. The van der Waals surface area contributed by atoms with E-state index in [0.29, 0.717) is 29.5 Å². The molecule has 3 aromatic heterocycles. The number of aromatic hydroxyl groups is 1. The molecule has 0 radical (unpaired) electrons. The summed E-state index contributed by atoms with van der Waals surface area (Å²) >= 11 is 2.55. The predicted octanol–water partition coefficient (Wildman–Crippen LogP) is 1.61. The maximum absolute atomic E-state index is 12.7. The fourth-order valence-corrected chi connectivity index (χ4v) is 5.75. The minimum absolute atomic E-state index is 0.00370. The lowest BCUT2D eigenvalue weighted by Crippen LogP contribution is -2.44. The van der Waals surface area contributed by atoms with Crippen LogP contribution in [-0.2, 0) is 32.0 Å². The summed E-state index contributed by atoms with van der Waals surface area (Å²) in [5, 5.41) is 44.4. The van der Waals surface area contributed by atoms with Crippen molar-refractivity contribution in [2.24, 2.45) is 0 Å². The van der Waals surface area contributed by atoms with Crippen molar-refractivity contribution >= 4 is 68.6 Å². The lowest BCUT2D eigenvalue weighted by molar-refractivity contribution is -0.143. The summed E-state index contributed by atoms with van der Waals surface area (Å²) in [7, 11) is 0. The van der Waals surface area contributed by atoms with E-state index < -0.39 is 54.6 Å². The van der Waals surface area contributed by atoms with Crippen molar-refractivity contribution in [2.45, 2.75) is 57.0 Å². The highest BCUT2D eigenvalue weighted by molar-refractivity contribution is 7.17. The molecule has 8 N–H and O–H groups in total. The number of thiophene rings is 2.